The molecule has 0 radical (unpaired) electrons. The lowest BCUT2D eigenvalue weighted by atomic mass is 9.92. The quantitative estimate of drug-likeness (QED) is 0.733. The molecule has 0 aliphatic carbocycles. The molecule has 0 aliphatic rings. The largest absolute Gasteiger partial charge is 0.508 e. The minimum absolute atomic E-state index is 0.173. The number of hydrogen-bond donors (Lipinski definition) is 2. The van der Waals surface area contributed by atoms with Crippen LogP contribution in [0.2, 0.25) is 0 Å². The van der Waals surface area contributed by atoms with Crippen molar-refractivity contribution in [2.24, 2.45) is 0 Å². The molecule has 1 atom stereocenters. The SMILES string of the molecule is CCC(C)(O)c1ccc(C)cc1O. The first-order valence-electron chi connectivity index (χ1n) is 4.50. The molecular formula is C11H16O2. The first-order valence-corrected chi connectivity index (χ1v) is 4.50. The van der Waals surface area contributed by atoms with E-state index in [1.165, 1.54) is 0 Å². The summed E-state index contributed by atoms with van der Waals surface area (Å²) in [4.78, 5) is 0. The number of aliphatic hydroxyl groups is 1. The lowest BCUT2D eigenvalue weighted by Gasteiger charge is -2.22. The fraction of sp³-hybridized carbons (Fsp3) is 0.455. The highest BCUT2D eigenvalue weighted by atomic mass is 16.3. The van der Waals surface area contributed by atoms with Gasteiger partial charge in [-0.3, -0.25) is 0 Å². The monoisotopic (exact) mass is 180 g/mol. The summed E-state index contributed by atoms with van der Waals surface area (Å²) in [6.07, 6.45) is 0.587. The summed E-state index contributed by atoms with van der Waals surface area (Å²) in [5.41, 5.74) is 0.659. The van der Waals surface area contributed by atoms with Crippen LogP contribution in [0.15, 0.2) is 18.2 Å². The van der Waals surface area contributed by atoms with Crippen LogP contribution in [0.4, 0.5) is 0 Å². The minimum Gasteiger partial charge on any atom is -0.508 e. The summed E-state index contributed by atoms with van der Waals surface area (Å²) >= 11 is 0. The summed E-state index contributed by atoms with van der Waals surface area (Å²) in [6.45, 7) is 5.50. The molecule has 0 aliphatic heterocycles. The van der Waals surface area contributed by atoms with Crippen molar-refractivity contribution in [2.75, 3.05) is 0 Å². The van der Waals surface area contributed by atoms with Gasteiger partial charge in [0.25, 0.3) is 0 Å². The Morgan fingerprint density at radius 2 is 2.00 bits per heavy atom. The van der Waals surface area contributed by atoms with E-state index in [1.54, 1.807) is 19.1 Å². The maximum absolute atomic E-state index is 9.91. The van der Waals surface area contributed by atoms with E-state index < -0.39 is 5.60 Å². The maximum atomic E-state index is 9.91. The third kappa shape index (κ3) is 2.01. The molecule has 0 spiro atoms. The van der Waals surface area contributed by atoms with Crippen LogP contribution < -0.4 is 0 Å². The standard InChI is InChI=1S/C11H16O2/c1-4-11(3,13)9-6-5-8(2)7-10(9)12/h5-7,12-13H,4H2,1-3H3. The highest BCUT2D eigenvalue weighted by Gasteiger charge is 2.23. The van der Waals surface area contributed by atoms with Crippen LogP contribution in [0.25, 0.3) is 0 Å². The van der Waals surface area contributed by atoms with Gasteiger partial charge >= 0.3 is 0 Å². The van der Waals surface area contributed by atoms with Crippen molar-refractivity contribution in [3.63, 3.8) is 0 Å². The van der Waals surface area contributed by atoms with Crippen LogP contribution in [0, 0.1) is 6.92 Å². The molecule has 0 amide bonds. The smallest absolute Gasteiger partial charge is 0.121 e. The van der Waals surface area contributed by atoms with E-state index >= 15 is 0 Å². The van der Waals surface area contributed by atoms with E-state index in [2.05, 4.69) is 0 Å². The van der Waals surface area contributed by atoms with Gasteiger partial charge < -0.3 is 10.2 Å². The normalized spacial score (nSPS) is 15.4. The van der Waals surface area contributed by atoms with Crippen molar-refractivity contribution in [3.8, 4) is 5.75 Å². The van der Waals surface area contributed by atoms with Crippen molar-refractivity contribution in [3.05, 3.63) is 29.3 Å². The van der Waals surface area contributed by atoms with Gasteiger partial charge in [0, 0.05) is 5.56 Å². The summed E-state index contributed by atoms with van der Waals surface area (Å²) in [7, 11) is 0. The van der Waals surface area contributed by atoms with Gasteiger partial charge in [-0.2, -0.15) is 0 Å². The van der Waals surface area contributed by atoms with Crippen molar-refractivity contribution in [1.29, 1.82) is 0 Å². The first-order chi connectivity index (χ1) is 5.97. The lowest BCUT2D eigenvalue weighted by Crippen LogP contribution is -2.19. The molecule has 2 N–H and O–H groups in total. The predicted octanol–water partition coefficient (Wildman–Crippen LogP) is 2.32. The fourth-order valence-corrected chi connectivity index (χ4v) is 1.29. The highest BCUT2D eigenvalue weighted by Crippen LogP contribution is 2.31. The number of benzene rings is 1. The summed E-state index contributed by atoms with van der Waals surface area (Å²) in [6, 6.07) is 5.33. The predicted molar refractivity (Wildman–Crippen MR) is 52.7 cm³/mol. The van der Waals surface area contributed by atoms with E-state index in [-0.39, 0.29) is 5.75 Å². The van der Waals surface area contributed by atoms with Crippen molar-refractivity contribution >= 4 is 0 Å². The van der Waals surface area contributed by atoms with Gasteiger partial charge in [0.05, 0.1) is 5.60 Å². The third-order valence-electron chi connectivity index (χ3n) is 2.42. The van der Waals surface area contributed by atoms with Crippen LogP contribution >= 0.6 is 0 Å². The summed E-state index contributed by atoms with van der Waals surface area (Å²) < 4.78 is 0. The molecule has 1 unspecified atom stereocenters. The molecule has 0 fully saturated rings. The van der Waals surface area contributed by atoms with Crippen LogP contribution in [0.3, 0.4) is 0 Å². The zero-order valence-corrected chi connectivity index (χ0v) is 8.33. The molecule has 13 heavy (non-hydrogen) atoms. The fourth-order valence-electron chi connectivity index (χ4n) is 1.29. The number of phenols is 1. The molecule has 1 rings (SSSR count). The molecule has 0 saturated carbocycles. The van der Waals surface area contributed by atoms with Gasteiger partial charge in [0.15, 0.2) is 0 Å². The Kier molecular flexibility index (Phi) is 2.62. The van der Waals surface area contributed by atoms with Gasteiger partial charge in [-0.1, -0.05) is 19.1 Å². The molecule has 72 valence electrons. The van der Waals surface area contributed by atoms with Gasteiger partial charge in [-0.25, -0.2) is 0 Å². The molecular weight excluding hydrogens is 164 g/mol. The van der Waals surface area contributed by atoms with Crippen LogP contribution in [-0.4, -0.2) is 10.2 Å². The van der Waals surface area contributed by atoms with Crippen molar-refractivity contribution in [2.45, 2.75) is 32.8 Å². The molecule has 1 aromatic carbocycles. The van der Waals surface area contributed by atoms with Crippen molar-refractivity contribution < 1.29 is 10.2 Å². The van der Waals surface area contributed by atoms with E-state index in [4.69, 9.17) is 0 Å². The maximum Gasteiger partial charge on any atom is 0.121 e. The second kappa shape index (κ2) is 3.38. The average molecular weight is 180 g/mol. The molecule has 0 heterocycles. The van der Waals surface area contributed by atoms with Gasteiger partial charge in [0.1, 0.15) is 5.75 Å². The van der Waals surface area contributed by atoms with Crippen LogP contribution in [0.5, 0.6) is 5.75 Å². The van der Waals surface area contributed by atoms with Gasteiger partial charge in [0.2, 0.25) is 0 Å². The lowest BCUT2D eigenvalue weighted by molar-refractivity contribution is 0.0506. The number of phenolic OH excluding ortho intramolecular Hbond substituents is 1. The van der Waals surface area contributed by atoms with Gasteiger partial charge in [-0.15, -0.1) is 0 Å². The Hall–Kier alpha value is -1.02. The number of hydrogen-bond acceptors (Lipinski definition) is 2. The van der Waals surface area contributed by atoms with E-state index in [0.29, 0.717) is 12.0 Å². The highest BCUT2D eigenvalue weighted by molar-refractivity contribution is 5.39. The Labute approximate surface area is 78.8 Å². The molecule has 2 heteroatoms. The molecule has 0 aromatic heterocycles. The Morgan fingerprint density at radius 3 is 2.46 bits per heavy atom. The second-order valence-electron chi connectivity index (χ2n) is 3.65. The Bertz CT molecular complexity index is 303. The molecule has 2 nitrogen and oxygen atoms in total. The Morgan fingerprint density at radius 1 is 1.38 bits per heavy atom. The summed E-state index contributed by atoms with van der Waals surface area (Å²) in [5, 5.41) is 19.5. The number of aryl methyl sites for hydroxylation is 1. The van der Waals surface area contributed by atoms with E-state index in [9.17, 15) is 10.2 Å². The first kappa shape index (κ1) is 10.1. The topological polar surface area (TPSA) is 40.5 Å². The van der Waals surface area contributed by atoms with E-state index in [0.717, 1.165) is 5.56 Å². The Balaban J connectivity index is 3.16. The van der Waals surface area contributed by atoms with E-state index in [1.807, 2.05) is 19.9 Å². The average Bonchev–Trinajstić information content (AvgIpc) is 2.03. The third-order valence-corrected chi connectivity index (χ3v) is 2.42. The molecule has 0 bridgehead atoms. The van der Waals surface area contributed by atoms with Crippen LogP contribution in [0.1, 0.15) is 31.4 Å². The second-order valence-corrected chi connectivity index (χ2v) is 3.65. The minimum atomic E-state index is -0.933. The van der Waals surface area contributed by atoms with Crippen LogP contribution in [-0.2, 0) is 5.60 Å². The zero-order chi connectivity index (χ0) is 10.1. The van der Waals surface area contributed by atoms with Gasteiger partial charge in [-0.05, 0) is 31.9 Å². The molecule has 0 saturated heterocycles. The number of aromatic hydroxyl groups is 1. The molecule has 1 aromatic rings. The summed E-state index contributed by atoms with van der Waals surface area (Å²) in [5.74, 6) is 0.173. The van der Waals surface area contributed by atoms with Crippen molar-refractivity contribution in [1.82, 2.24) is 0 Å². The number of rotatable bonds is 2. The zero-order valence-electron chi connectivity index (χ0n) is 8.33.